The van der Waals surface area contributed by atoms with Crippen LogP contribution >= 0.6 is 0 Å². The maximum absolute atomic E-state index is 13.0. The molecule has 5 aliphatic rings. The molecule has 1 unspecified atom stereocenters. The van der Waals surface area contributed by atoms with Crippen LogP contribution < -0.4 is 0 Å². The number of rotatable bonds is 1. The van der Waals surface area contributed by atoms with Gasteiger partial charge in [-0.05, 0) is 32.3 Å². The Labute approximate surface area is 179 Å². The summed E-state index contributed by atoms with van der Waals surface area (Å²) in [5.41, 5.74) is -2.81. The fourth-order valence-electron chi connectivity index (χ4n) is 7.86. The van der Waals surface area contributed by atoms with Gasteiger partial charge in [0.25, 0.3) is 0 Å². The highest BCUT2D eigenvalue weighted by atomic mass is 16.6. The molecule has 0 aromatic rings. The summed E-state index contributed by atoms with van der Waals surface area (Å²) < 4.78 is 17.3. The summed E-state index contributed by atoms with van der Waals surface area (Å²) in [6.07, 6.45) is -4.45. The SMILES string of the molecule is CC(=O)O[C@H]1C(=O)O[C@@H]2C[C@H]3C(C)=CC(=O)[C@@H](O)[C@]3(C)[C@H]3[C@@H](O)[C@H](O)[C@]4(C)OCC23[C@@H]14. The maximum Gasteiger partial charge on any atom is 0.348 e. The Bertz CT molecular complexity index is 913. The minimum absolute atomic E-state index is 0.0364. The van der Waals surface area contributed by atoms with Crippen LogP contribution in [0.1, 0.15) is 34.1 Å². The average molecular weight is 436 g/mol. The van der Waals surface area contributed by atoms with Gasteiger partial charge in [-0.15, -0.1) is 0 Å². The largest absolute Gasteiger partial charge is 0.459 e. The van der Waals surface area contributed by atoms with Gasteiger partial charge in [-0.2, -0.15) is 0 Å². The number of carbonyl (C=O) groups excluding carboxylic acids is 3. The first-order valence-electron chi connectivity index (χ1n) is 10.7. The Morgan fingerprint density at radius 2 is 1.87 bits per heavy atom. The van der Waals surface area contributed by atoms with Gasteiger partial charge < -0.3 is 29.5 Å². The van der Waals surface area contributed by atoms with Crippen LogP contribution in [0, 0.1) is 28.6 Å². The van der Waals surface area contributed by atoms with Crippen molar-refractivity contribution < 1.29 is 43.9 Å². The lowest BCUT2D eigenvalue weighted by molar-refractivity contribution is -0.297. The molecule has 0 aromatic heterocycles. The Morgan fingerprint density at radius 3 is 2.52 bits per heavy atom. The topological polar surface area (TPSA) is 140 Å². The summed E-state index contributed by atoms with van der Waals surface area (Å²) in [5, 5.41) is 33.6. The minimum Gasteiger partial charge on any atom is -0.459 e. The number of hydrogen-bond donors (Lipinski definition) is 3. The monoisotopic (exact) mass is 436 g/mol. The number of fused-ring (bicyclic) bond motifs is 2. The Morgan fingerprint density at radius 1 is 1.19 bits per heavy atom. The zero-order valence-corrected chi connectivity index (χ0v) is 17.9. The highest BCUT2D eigenvalue weighted by molar-refractivity contribution is 5.96. The van der Waals surface area contributed by atoms with Crippen LogP contribution in [0.4, 0.5) is 0 Å². The molecular weight excluding hydrogens is 408 g/mol. The highest BCUT2D eigenvalue weighted by Gasteiger charge is 2.82. The van der Waals surface area contributed by atoms with E-state index in [0.717, 1.165) is 5.57 Å². The average Bonchev–Trinajstić information content (AvgIpc) is 2.95. The van der Waals surface area contributed by atoms with Gasteiger partial charge in [0.15, 0.2) is 5.78 Å². The number of allylic oxidation sites excluding steroid dienone is 1. The van der Waals surface area contributed by atoms with Crippen LogP contribution in [-0.2, 0) is 28.6 Å². The summed E-state index contributed by atoms with van der Waals surface area (Å²) in [6.45, 7) is 6.36. The zero-order chi connectivity index (χ0) is 22.7. The lowest BCUT2D eigenvalue weighted by atomic mass is 9.38. The van der Waals surface area contributed by atoms with Crippen LogP contribution in [0.15, 0.2) is 11.6 Å². The van der Waals surface area contributed by atoms with E-state index in [1.54, 1.807) is 20.8 Å². The molecule has 0 radical (unpaired) electrons. The van der Waals surface area contributed by atoms with E-state index in [-0.39, 0.29) is 12.5 Å². The lowest BCUT2D eigenvalue weighted by Crippen LogP contribution is -2.78. The second-order valence-corrected chi connectivity index (χ2v) is 10.3. The Kier molecular flexibility index (Phi) is 4.18. The molecular formula is C22H28O9. The van der Waals surface area contributed by atoms with Gasteiger partial charge in [0.2, 0.25) is 6.10 Å². The molecule has 170 valence electrons. The molecule has 31 heavy (non-hydrogen) atoms. The number of carbonyl (C=O) groups is 3. The third-order valence-corrected chi connectivity index (χ3v) is 9.00. The number of aliphatic hydroxyl groups excluding tert-OH is 3. The first-order chi connectivity index (χ1) is 14.4. The van der Waals surface area contributed by atoms with Crippen LogP contribution in [0.2, 0.25) is 0 Å². The lowest BCUT2D eigenvalue weighted by Gasteiger charge is -2.68. The molecule has 0 aromatic carbocycles. The van der Waals surface area contributed by atoms with Crippen molar-refractivity contribution in [3.63, 3.8) is 0 Å². The van der Waals surface area contributed by atoms with E-state index >= 15 is 0 Å². The number of ether oxygens (including phenoxy) is 3. The zero-order valence-electron chi connectivity index (χ0n) is 17.9. The van der Waals surface area contributed by atoms with E-state index in [4.69, 9.17) is 14.2 Å². The summed E-state index contributed by atoms with van der Waals surface area (Å²) in [4.78, 5) is 37.4. The molecule has 9 heteroatoms. The molecule has 0 amide bonds. The molecule has 4 fully saturated rings. The fraction of sp³-hybridized carbons (Fsp3) is 0.773. The van der Waals surface area contributed by atoms with Crippen LogP contribution in [-0.4, -0.2) is 75.8 Å². The van der Waals surface area contributed by atoms with E-state index in [9.17, 15) is 29.7 Å². The van der Waals surface area contributed by atoms with Crippen molar-refractivity contribution in [2.75, 3.05) is 6.61 Å². The first kappa shape index (κ1) is 21.1. The molecule has 3 N–H and O–H groups in total. The van der Waals surface area contributed by atoms with Gasteiger partial charge in [0, 0.05) is 23.7 Å². The van der Waals surface area contributed by atoms with Gasteiger partial charge in [-0.3, -0.25) is 9.59 Å². The summed E-state index contributed by atoms with van der Waals surface area (Å²) in [5.74, 6) is -3.84. The standard InChI is InChI=1S/C22H28O9/c1-8-5-11(24)17(26)20(3)10(8)6-12-22-7-29-21(4,18(27)13(25)15(20)22)16(22)14(19(28)31-12)30-9(2)23/h5,10,12-18,25-27H,6-7H2,1-4H3/t10-,12+,13+,14+,15+,16-,17+,18-,20-,21+,22?/m0/s1. The Balaban J connectivity index is 1.76. The van der Waals surface area contributed by atoms with Crippen molar-refractivity contribution in [3.05, 3.63) is 11.6 Å². The van der Waals surface area contributed by atoms with E-state index in [1.165, 1.54) is 13.0 Å². The molecule has 3 aliphatic carbocycles. The molecule has 2 bridgehead atoms. The van der Waals surface area contributed by atoms with Gasteiger partial charge in [0.05, 0.1) is 18.6 Å². The third kappa shape index (κ3) is 2.23. The summed E-state index contributed by atoms with van der Waals surface area (Å²) >= 11 is 0. The maximum atomic E-state index is 13.0. The van der Waals surface area contributed by atoms with Crippen LogP contribution in [0.25, 0.3) is 0 Å². The van der Waals surface area contributed by atoms with Crippen molar-refractivity contribution in [1.82, 2.24) is 0 Å². The normalized spacial score (nSPS) is 55.0. The third-order valence-electron chi connectivity index (χ3n) is 9.00. The first-order valence-corrected chi connectivity index (χ1v) is 10.7. The molecule has 2 saturated carbocycles. The van der Waals surface area contributed by atoms with Crippen molar-refractivity contribution in [1.29, 1.82) is 0 Å². The molecule has 1 spiro atoms. The molecule has 5 rings (SSSR count). The smallest absolute Gasteiger partial charge is 0.348 e. The van der Waals surface area contributed by atoms with Gasteiger partial charge in [-0.25, -0.2) is 4.79 Å². The summed E-state index contributed by atoms with van der Waals surface area (Å²) in [7, 11) is 0. The number of ketones is 1. The second-order valence-electron chi connectivity index (χ2n) is 10.3. The van der Waals surface area contributed by atoms with E-state index in [1.807, 2.05) is 0 Å². The van der Waals surface area contributed by atoms with Crippen molar-refractivity contribution in [2.24, 2.45) is 28.6 Å². The number of aliphatic hydroxyl groups is 3. The molecule has 2 aliphatic heterocycles. The van der Waals surface area contributed by atoms with Crippen molar-refractivity contribution in [2.45, 2.75) is 70.2 Å². The minimum atomic E-state index is -1.42. The van der Waals surface area contributed by atoms with E-state index in [2.05, 4.69) is 0 Å². The quantitative estimate of drug-likeness (QED) is 0.464. The number of esters is 2. The highest BCUT2D eigenvalue weighted by Crippen LogP contribution is 2.72. The molecule has 9 nitrogen and oxygen atoms in total. The van der Waals surface area contributed by atoms with Crippen molar-refractivity contribution >= 4 is 17.7 Å². The predicted octanol–water partition coefficient (Wildman–Crippen LogP) is -0.497. The molecule has 2 saturated heterocycles. The fourth-order valence-corrected chi connectivity index (χ4v) is 7.86. The predicted molar refractivity (Wildman–Crippen MR) is 102 cm³/mol. The molecule has 11 atom stereocenters. The summed E-state index contributed by atoms with van der Waals surface area (Å²) in [6, 6.07) is 0. The second kappa shape index (κ2) is 6.15. The van der Waals surface area contributed by atoms with Crippen LogP contribution in [0.3, 0.4) is 0 Å². The van der Waals surface area contributed by atoms with Gasteiger partial charge in [0.1, 0.15) is 23.9 Å². The Hall–Kier alpha value is -1.81. The van der Waals surface area contributed by atoms with E-state index in [0.29, 0.717) is 6.42 Å². The molecule has 2 heterocycles. The van der Waals surface area contributed by atoms with E-state index < -0.39 is 76.5 Å². The number of hydrogen-bond acceptors (Lipinski definition) is 9. The van der Waals surface area contributed by atoms with Crippen LogP contribution in [0.5, 0.6) is 0 Å². The van der Waals surface area contributed by atoms with Crippen molar-refractivity contribution in [3.8, 4) is 0 Å². The van der Waals surface area contributed by atoms with Gasteiger partial charge >= 0.3 is 11.9 Å². The van der Waals surface area contributed by atoms with Gasteiger partial charge in [-0.1, -0.05) is 12.5 Å².